The molecule has 0 saturated heterocycles. The van der Waals surface area contributed by atoms with Gasteiger partial charge in [0.15, 0.2) is 0 Å². The molecule has 0 amide bonds. The largest absolute Gasteiger partial charge is 0.364 e. The second-order valence-electron chi connectivity index (χ2n) is 6.25. The summed E-state index contributed by atoms with van der Waals surface area (Å²) in [7, 11) is 0. The maximum Gasteiger partial charge on any atom is 0.123 e. The van der Waals surface area contributed by atoms with Gasteiger partial charge in [-0.2, -0.15) is 0 Å². The molecule has 1 N–H and O–H groups in total. The van der Waals surface area contributed by atoms with Gasteiger partial charge in [-0.1, -0.05) is 42.5 Å². The van der Waals surface area contributed by atoms with E-state index < -0.39 is 5.54 Å². The Kier molecular flexibility index (Phi) is 4.02. The zero-order valence-corrected chi connectivity index (χ0v) is 13.6. The van der Waals surface area contributed by atoms with Gasteiger partial charge in [0, 0.05) is 18.8 Å². The van der Waals surface area contributed by atoms with Gasteiger partial charge in [0.2, 0.25) is 0 Å². The van der Waals surface area contributed by atoms with Crippen molar-refractivity contribution in [3.63, 3.8) is 0 Å². The standard InChI is InChI=1S/C21H18FN3/c22-19-8-6-18(7-9-19)21(14-16-4-2-1-3-5-16)20(24-15-25-21)17-10-12-23-13-11-17/h1-13,15,20H,14H2,(H,24,25). The molecule has 4 rings (SSSR count). The van der Waals surface area contributed by atoms with Crippen LogP contribution in [0.25, 0.3) is 0 Å². The number of nitrogens with one attached hydrogen (secondary N) is 1. The monoisotopic (exact) mass is 331 g/mol. The molecule has 2 heterocycles. The minimum atomic E-state index is -0.462. The maximum atomic E-state index is 13.5. The molecule has 1 aliphatic heterocycles. The van der Waals surface area contributed by atoms with Gasteiger partial charge in [0.1, 0.15) is 11.9 Å². The van der Waals surface area contributed by atoms with Gasteiger partial charge in [0.05, 0.1) is 11.9 Å². The lowest BCUT2D eigenvalue weighted by atomic mass is 9.76. The molecular formula is C21H18FN3. The van der Waals surface area contributed by atoms with Crippen LogP contribution in [0.1, 0.15) is 22.7 Å². The molecule has 2 atom stereocenters. The predicted octanol–water partition coefficient (Wildman–Crippen LogP) is 4.03. The van der Waals surface area contributed by atoms with E-state index in [0.717, 1.165) is 17.5 Å². The van der Waals surface area contributed by atoms with Crippen molar-refractivity contribution in [1.29, 1.82) is 0 Å². The van der Waals surface area contributed by atoms with Crippen molar-refractivity contribution in [2.24, 2.45) is 4.99 Å². The molecule has 0 radical (unpaired) electrons. The fourth-order valence-electron chi connectivity index (χ4n) is 3.51. The third-order valence-electron chi connectivity index (χ3n) is 4.72. The molecule has 0 aliphatic carbocycles. The van der Waals surface area contributed by atoms with E-state index in [2.05, 4.69) is 22.4 Å². The van der Waals surface area contributed by atoms with E-state index in [4.69, 9.17) is 4.99 Å². The van der Waals surface area contributed by atoms with Crippen LogP contribution in [0.2, 0.25) is 0 Å². The zero-order chi connectivity index (χ0) is 17.1. The van der Waals surface area contributed by atoms with Crippen LogP contribution in [0.3, 0.4) is 0 Å². The van der Waals surface area contributed by atoms with Crippen molar-refractivity contribution < 1.29 is 4.39 Å². The van der Waals surface area contributed by atoms with Crippen molar-refractivity contribution in [3.8, 4) is 0 Å². The van der Waals surface area contributed by atoms with Crippen molar-refractivity contribution in [3.05, 3.63) is 102 Å². The summed E-state index contributed by atoms with van der Waals surface area (Å²) in [5, 5.41) is 3.47. The number of aliphatic imine (C=N–C) groups is 1. The average molecular weight is 331 g/mol. The van der Waals surface area contributed by atoms with Crippen molar-refractivity contribution in [1.82, 2.24) is 10.3 Å². The van der Waals surface area contributed by atoms with Gasteiger partial charge in [-0.3, -0.25) is 9.98 Å². The summed E-state index contributed by atoms with van der Waals surface area (Å²) in [6, 6.07) is 20.8. The second-order valence-corrected chi connectivity index (χ2v) is 6.25. The molecule has 0 bridgehead atoms. The number of pyridine rings is 1. The van der Waals surface area contributed by atoms with Crippen LogP contribution in [0, 0.1) is 5.82 Å². The van der Waals surface area contributed by atoms with Gasteiger partial charge in [-0.15, -0.1) is 0 Å². The lowest BCUT2D eigenvalue weighted by Crippen LogP contribution is -2.44. The van der Waals surface area contributed by atoms with Crippen LogP contribution in [-0.4, -0.2) is 11.3 Å². The lowest BCUT2D eigenvalue weighted by molar-refractivity contribution is 0.345. The van der Waals surface area contributed by atoms with Crippen LogP contribution in [-0.2, 0) is 12.0 Å². The first-order chi connectivity index (χ1) is 12.3. The first-order valence-electron chi connectivity index (χ1n) is 8.27. The molecule has 0 saturated carbocycles. The van der Waals surface area contributed by atoms with E-state index >= 15 is 0 Å². The minimum Gasteiger partial charge on any atom is -0.364 e. The van der Waals surface area contributed by atoms with E-state index in [9.17, 15) is 4.39 Å². The van der Waals surface area contributed by atoms with E-state index in [0.29, 0.717) is 0 Å². The summed E-state index contributed by atoms with van der Waals surface area (Å²) in [5.74, 6) is -0.238. The molecule has 0 spiro atoms. The topological polar surface area (TPSA) is 37.3 Å². The Morgan fingerprint density at radius 2 is 1.64 bits per heavy atom. The Morgan fingerprint density at radius 1 is 0.920 bits per heavy atom. The molecule has 0 fully saturated rings. The SMILES string of the molecule is Fc1ccc(C2(Cc3ccccc3)NC=NC2c2ccncc2)cc1. The summed E-state index contributed by atoms with van der Waals surface area (Å²) in [6.07, 6.45) is 6.06. The predicted molar refractivity (Wildman–Crippen MR) is 96.8 cm³/mol. The first-order valence-corrected chi connectivity index (χ1v) is 8.27. The molecule has 1 aromatic heterocycles. The third kappa shape index (κ3) is 2.91. The van der Waals surface area contributed by atoms with Crippen LogP contribution in [0.5, 0.6) is 0 Å². The highest BCUT2D eigenvalue weighted by atomic mass is 19.1. The summed E-state index contributed by atoms with van der Waals surface area (Å²) in [6.45, 7) is 0. The van der Waals surface area contributed by atoms with Crippen LogP contribution in [0.4, 0.5) is 4.39 Å². The summed E-state index contributed by atoms with van der Waals surface area (Å²) >= 11 is 0. The quantitative estimate of drug-likeness (QED) is 0.784. The Bertz CT molecular complexity index is 863. The molecule has 2 unspecified atom stereocenters. The van der Waals surface area contributed by atoms with Gasteiger partial charge in [0.25, 0.3) is 0 Å². The van der Waals surface area contributed by atoms with Crippen LogP contribution < -0.4 is 5.32 Å². The zero-order valence-electron chi connectivity index (χ0n) is 13.6. The fourth-order valence-corrected chi connectivity index (χ4v) is 3.51. The van der Waals surface area contributed by atoms with Crippen LogP contribution >= 0.6 is 0 Å². The fraction of sp³-hybridized carbons (Fsp3) is 0.143. The summed E-state index contributed by atoms with van der Waals surface area (Å²) in [4.78, 5) is 8.81. The molecular weight excluding hydrogens is 313 g/mol. The second kappa shape index (κ2) is 6.48. The van der Waals surface area contributed by atoms with Crippen molar-refractivity contribution in [2.75, 3.05) is 0 Å². The van der Waals surface area contributed by atoms with E-state index in [1.165, 1.54) is 17.7 Å². The Balaban J connectivity index is 1.82. The molecule has 3 aromatic rings. The number of nitrogens with zero attached hydrogens (tertiary/aromatic N) is 2. The number of halogens is 1. The normalized spacial score (nSPS) is 21.9. The maximum absolute atomic E-state index is 13.5. The third-order valence-corrected chi connectivity index (χ3v) is 4.72. The Labute approximate surface area is 146 Å². The molecule has 1 aliphatic rings. The van der Waals surface area contributed by atoms with Crippen molar-refractivity contribution >= 4 is 6.34 Å². The Morgan fingerprint density at radius 3 is 2.36 bits per heavy atom. The molecule has 4 heteroatoms. The number of hydrogen-bond acceptors (Lipinski definition) is 3. The number of hydrogen-bond donors (Lipinski definition) is 1. The van der Waals surface area contributed by atoms with Gasteiger partial charge >= 0.3 is 0 Å². The lowest BCUT2D eigenvalue weighted by Gasteiger charge is -2.36. The highest BCUT2D eigenvalue weighted by Gasteiger charge is 2.43. The molecule has 25 heavy (non-hydrogen) atoms. The smallest absolute Gasteiger partial charge is 0.123 e. The van der Waals surface area contributed by atoms with E-state index in [1.807, 2.05) is 42.5 Å². The average Bonchev–Trinajstić information content (AvgIpc) is 3.08. The summed E-state index contributed by atoms with van der Waals surface area (Å²) < 4.78 is 13.5. The molecule has 2 aromatic carbocycles. The van der Waals surface area contributed by atoms with Crippen molar-refractivity contribution in [2.45, 2.75) is 18.0 Å². The summed E-state index contributed by atoms with van der Waals surface area (Å²) in [5.41, 5.74) is 2.83. The highest BCUT2D eigenvalue weighted by molar-refractivity contribution is 5.63. The van der Waals surface area contributed by atoms with Gasteiger partial charge < -0.3 is 5.32 Å². The number of rotatable bonds is 4. The molecule has 3 nitrogen and oxygen atoms in total. The first kappa shape index (κ1) is 15.5. The van der Waals surface area contributed by atoms with E-state index in [-0.39, 0.29) is 11.9 Å². The molecule has 124 valence electrons. The van der Waals surface area contributed by atoms with Crippen LogP contribution in [0.15, 0.2) is 84.1 Å². The number of benzene rings is 2. The minimum absolute atomic E-state index is 0.110. The van der Waals surface area contributed by atoms with E-state index in [1.54, 1.807) is 18.7 Å². The Hall–Kier alpha value is -3.01. The number of aromatic nitrogens is 1. The highest BCUT2D eigenvalue weighted by Crippen LogP contribution is 2.42. The van der Waals surface area contributed by atoms with Gasteiger partial charge in [-0.05, 0) is 41.0 Å². The van der Waals surface area contributed by atoms with Gasteiger partial charge in [-0.25, -0.2) is 4.39 Å².